The molecule has 0 N–H and O–H groups in total. The number of aromatic nitrogens is 3. The summed E-state index contributed by atoms with van der Waals surface area (Å²) < 4.78 is 0. The lowest BCUT2D eigenvalue weighted by Gasteiger charge is -2.37. The molecule has 2 aromatic carbocycles. The van der Waals surface area contributed by atoms with Crippen LogP contribution in [0.1, 0.15) is 0 Å². The first-order valence-corrected chi connectivity index (χ1v) is 9.40. The Morgan fingerprint density at radius 1 is 0.815 bits per heavy atom. The largest absolute Gasteiger partial charge is 0.366 e. The van der Waals surface area contributed by atoms with Gasteiger partial charge in [-0.15, -0.1) is 0 Å². The minimum absolute atomic E-state index is 0.695. The van der Waals surface area contributed by atoms with Crippen LogP contribution >= 0.6 is 11.6 Å². The Morgan fingerprint density at radius 3 is 2.52 bits per heavy atom. The molecule has 0 aliphatic carbocycles. The van der Waals surface area contributed by atoms with Gasteiger partial charge in [0.1, 0.15) is 12.1 Å². The van der Waals surface area contributed by atoms with Crippen molar-refractivity contribution in [2.75, 3.05) is 36.0 Å². The minimum Gasteiger partial charge on any atom is -0.366 e. The molecule has 6 heteroatoms. The highest BCUT2D eigenvalue weighted by Crippen LogP contribution is 2.29. The predicted octanol–water partition coefficient (Wildman–Crippen LogP) is 4.16. The number of piperazine rings is 1. The van der Waals surface area contributed by atoms with Gasteiger partial charge in [-0.05, 0) is 18.2 Å². The highest BCUT2D eigenvalue weighted by molar-refractivity contribution is 6.31. The van der Waals surface area contributed by atoms with E-state index in [1.807, 2.05) is 30.6 Å². The standard InChI is InChI=1S/C21H18ClN5/c22-16-5-6-18-19(11-16)24-14-25-21(18)27-9-7-26(8-10-27)20-13-23-12-15-3-1-2-4-17(15)20/h1-6,11-14H,7-10H2. The van der Waals surface area contributed by atoms with Gasteiger partial charge in [0.15, 0.2) is 0 Å². The summed E-state index contributed by atoms with van der Waals surface area (Å²) in [5.41, 5.74) is 2.08. The molecule has 0 radical (unpaired) electrons. The maximum absolute atomic E-state index is 6.10. The monoisotopic (exact) mass is 375 g/mol. The van der Waals surface area contributed by atoms with E-state index in [0.717, 1.165) is 42.9 Å². The quantitative estimate of drug-likeness (QED) is 0.526. The van der Waals surface area contributed by atoms with Gasteiger partial charge in [-0.3, -0.25) is 4.98 Å². The Kier molecular flexibility index (Phi) is 4.02. The van der Waals surface area contributed by atoms with Gasteiger partial charge in [0, 0.05) is 53.6 Å². The molecule has 1 fully saturated rings. The Labute approximate surface area is 162 Å². The maximum Gasteiger partial charge on any atom is 0.140 e. The van der Waals surface area contributed by atoms with Gasteiger partial charge < -0.3 is 9.80 Å². The number of nitrogens with zero attached hydrogens (tertiary/aromatic N) is 5. The number of hydrogen-bond donors (Lipinski definition) is 0. The van der Waals surface area contributed by atoms with Crippen molar-refractivity contribution in [3.8, 4) is 0 Å². The topological polar surface area (TPSA) is 45.2 Å². The van der Waals surface area contributed by atoms with Crippen molar-refractivity contribution >= 4 is 44.8 Å². The molecular weight excluding hydrogens is 358 g/mol. The number of hydrogen-bond acceptors (Lipinski definition) is 5. The summed E-state index contributed by atoms with van der Waals surface area (Å²) in [5, 5.41) is 4.17. The Hall–Kier alpha value is -2.92. The fourth-order valence-corrected chi connectivity index (χ4v) is 3.95. The predicted molar refractivity (Wildman–Crippen MR) is 111 cm³/mol. The van der Waals surface area contributed by atoms with E-state index in [4.69, 9.17) is 11.6 Å². The molecule has 0 atom stereocenters. The number of halogens is 1. The average Bonchev–Trinajstić information content (AvgIpc) is 2.73. The van der Waals surface area contributed by atoms with Crippen molar-refractivity contribution in [2.24, 2.45) is 0 Å². The molecule has 3 heterocycles. The van der Waals surface area contributed by atoms with Crippen LogP contribution in [0.25, 0.3) is 21.7 Å². The van der Waals surface area contributed by atoms with E-state index >= 15 is 0 Å². The van der Waals surface area contributed by atoms with Crippen LogP contribution in [-0.2, 0) is 0 Å². The first kappa shape index (κ1) is 16.3. The number of anilines is 2. The van der Waals surface area contributed by atoms with Crippen molar-refractivity contribution < 1.29 is 0 Å². The van der Waals surface area contributed by atoms with E-state index in [2.05, 4.69) is 49.0 Å². The molecule has 0 amide bonds. The molecular formula is C21H18ClN5. The third-order valence-electron chi connectivity index (χ3n) is 5.14. The Morgan fingerprint density at radius 2 is 1.63 bits per heavy atom. The summed E-state index contributed by atoms with van der Waals surface area (Å²) in [7, 11) is 0. The summed E-state index contributed by atoms with van der Waals surface area (Å²) in [6.45, 7) is 3.65. The smallest absolute Gasteiger partial charge is 0.140 e. The first-order chi connectivity index (χ1) is 13.3. The van der Waals surface area contributed by atoms with Crippen LogP contribution in [0.3, 0.4) is 0 Å². The lowest BCUT2D eigenvalue weighted by Crippen LogP contribution is -2.47. The van der Waals surface area contributed by atoms with Gasteiger partial charge in [-0.1, -0.05) is 35.9 Å². The highest BCUT2D eigenvalue weighted by Gasteiger charge is 2.21. The third-order valence-corrected chi connectivity index (χ3v) is 5.38. The number of pyridine rings is 1. The molecule has 27 heavy (non-hydrogen) atoms. The van der Waals surface area contributed by atoms with Gasteiger partial charge in [-0.2, -0.15) is 0 Å². The van der Waals surface area contributed by atoms with Crippen LogP contribution in [0.2, 0.25) is 5.02 Å². The van der Waals surface area contributed by atoms with E-state index in [0.29, 0.717) is 5.02 Å². The van der Waals surface area contributed by atoms with Crippen molar-refractivity contribution in [1.82, 2.24) is 15.0 Å². The fourth-order valence-electron chi connectivity index (χ4n) is 3.78. The van der Waals surface area contributed by atoms with E-state index in [1.54, 1.807) is 6.33 Å². The lowest BCUT2D eigenvalue weighted by molar-refractivity contribution is 0.649. The summed E-state index contributed by atoms with van der Waals surface area (Å²) in [5.74, 6) is 0.979. The van der Waals surface area contributed by atoms with Crippen molar-refractivity contribution in [3.05, 3.63) is 66.2 Å². The van der Waals surface area contributed by atoms with Gasteiger partial charge in [0.25, 0.3) is 0 Å². The van der Waals surface area contributed by atoms with Crippen LogP contribution < -0.4 is 9.80 Å². The summed E-state index contributed by atoms with van der Waals surface area (Å²) in [6, 6.07) is 14.2. The molecule has 4 aromatic rings. The normalized spacial score (nSPS) is 14.9. The first-order valence-electron chi connectivity index (χ1n) is 9.02. The molecule has 0 spiro atoms. The van der Waals surface area contributed by atoms with Crippen LogP contribution in [0.5, 0.6) is 0 Å². The average molecular weight is 376 g/mol. The molecule has 0 saturated carbocycles. The van der Waals surface area contributed by atoms with Gasteiger partial charge >= 0.3 is 0 Å². The van der Waals surface area contributed by atoms with Crippen LogP contribution in [0.4, 0.5) is 11.5 Å². The summed E-state index contributed by atoms with van der Waals surface area (Å²) in [6.07, 6.45) is 5.52. The zero-order valence-electron chi connectivity index (χ0n) is 14.7. The molecule has 0 bridgehead atoms. The van der Waals surface area contributed by atoms with E-state index < -0.39 is 0 Å². The molecule has 0 unspecified atom stereocenters. The Bertz CT molecular complexity index is 1120. The molecule has 5 nitrogen and oxygen atoms in total. The van der Waals surface area contributed by atoms with Crippen LogP contribution in [-0.4, -0.2) is 41.1 Å². The second-order valence-electron chi connectivity index (χ2n) is 6.71. The molecule has 1 aliphatic heterocycles. The summed E-state index contributed by atoms with van der Waals surface area (Å²) >= 11 is 6.10. The van der Waals surface area contributed by atoms with Crippen molar-refractivity contribution in [2.45, 2.75) is 0 Å². The van der Waals surface area contributed by atoms with Gasteiger partial charge in [0.05, 0.1) is 17.4 Å². The van der Waals surface area contributed by atoms with Crippen LogP contribution in [0.15, 0.2) is 61.2 Å². The summed E-state index contributed by atoms with van der Waals surface area (Å²) in [4.78, 5) is 18.1. The number of benzene rings is 2. The zero-order valence-corrected chi connectivity index (χ0v) is 15.5. The number of fused-ring (bicyclic) bond motifs is 2. The van der Waals surface area contributed by atoms with Gasteiger partial charge in [0.2, 0.25) is 0 Å². The Balaban J connectivity index is 1.42. The third kappa shape index (κ3) is 2.94. The molecule has 5 rings (SSSR count). The maximum atomic E-state index is 6.10. The lowest BCUT2D eigenvalue weighted by atomic mass is 10.1. The second-order valence-corrected chi connectivity index (χ2v) is 7.15. The zero-order chi connectivity index (χ0) is 18.2. The van der Waals surface area contributed by atoms with Crippen LogP contribution in [0, 0.1) is 0 Å². The van der Waals surface area contributed by atoms with Gasteiger partial charge in [-0.25, -0.2) is 9.97 Å². The molecule has 134 valence electrons. The van der Waals surface area contributed by atoms with E-state index in [-0.39, 0.29) is 0 Å². The van der Waals surface area contributed by atoms with Crippen molar-refractivity contribution in [1.29, 1.82) is 0 Å². The molecule has 1 aliphatic rings. The number of rotatable bonds is 2. The van der Waals surface area contributed by atoms with Crippen molar-refractivity contribution in [3.63, 3.8) is 0 Å². The SMILES string of the molecule is Clc1ccc2c(N3CCN(c4cncc5ccccc45)CC3)ncnc2c1. The highest BCUT2D eigenvalue weighted by atomic mass is 35.5. The van der Waals surface area contributed by atoms with E-state index in [1.165, 1.54) is 16.5 Å². The second kappa shape index (κ2) is 6.67. The fraction of sp³-hybridized carbons (Fsp3) is 0.190. The van der Waals surface area contributed by atoms with E-state index in [9.17, 15) is 0 Å². The minimum atomic E-state index is 0.695. The molecule has 2 aromatic heterocycles. The molecule has 1 saturated heterocycles.